The summed E-state index contributed by atoms with van der Waals surface area (Å²) in [5.41, 5.74) is 0.865. The molecule has 0 saturated carbocycles. The molecule has 1 rings (SSSR count). The van der Waals surface area contributed by atoms with Crippen LogP contribution in [0.15, 0.2) is 23.2 Å². The van der Waals surface area contributed by atoms with Crippen LogP contribution in [0.2, 0.25) is 0 Å². The van der Waals surface area contributed by atoms with Gasteiger partial charge in [0.15, 0.2) is 5.96 Å². The Morgan fingerprint density at radius 3 is 2.78 bits per heavy atom. The summed E-state index contributed by atoms with van der Waals surface area (Å²) in [5.74, 6) is 1.37. The Hall–Kier alpha value is -1.86. The molecule has 0 radical (unpaired) electrons. The van der Waals surface area contributed by atoms with Crippen molar-refractivity contribution < 1.29 is 14.2 Å². The maximum absolute atomic E-state index is 5.42. The van der Waals surface area contributed by atoms with Crippen LogP contribution in [0.25, 0.3) is 0 Å². The van der Waals surface area contributed by atoms with Crippen LogP contribution in [0.4, 0.5) is 0 Å². The van der Waals surface area contributed by atoms with Crippen LogP contribution in [-0.2, 0) is 16.0 Å². The molecule has 0 aliphatic carbocycles. The van der Waals surface area contributed by atoms with E-state index in [1.807, 2.05) is 25.1 Å². The highest BCUT2D eigenvalue weighted by molar-refractivity contribution is 5.79. The molecular weight excluding hydrogens is 296 g/mol. The highest BCUT2D eigenvalue weighted by atomic mass is 16.5. The Morgan fingerprint density at radius 1 is 1.17 bits per heavy atom. The molecule has 7 nitrogen and oxygen atoms in total. The van der Waals surface area contributed by atoms with Gasteiger partial charge in [-0.3, -0.25) is 0 Å². The van der Waals surface area contributed by atoms with Crippen molar-refractivity contribution in [3.8, 4) is 5.88 Å². The second-order valence-electron chi connectivity index (χ2n) is 4.75. The van der Waals surface area contributed by atoms with Crippen molar-refractivity contribution in [2.75, 3.05) is 47.1 Å². The zero-order valence-corrected chi connectivity index (χ0v) is 14.3. The maximum atomic E-state index is 5.42. The fourth-order valence-electron chi connectivity index (χ4n) is 1.79. The molecule has 2 N–H and O–H groups in total. The first-order valence-electron chi connectivity index (χ1n) is 7.89. The zero-order chi connectivity index (χ0) is 16.8. The number of ether oxygens (including phenoxy) is 3. The molecule has 0 fully saturated rings. The first-order chi connectivity index (χ1) is 11.3. The lowest BCUT2D eigenvalue weighted by molar-refractivity contribution is 0.0698. The number of aromatic nitrogens is 1. The van der Waals surface area contributed by atoms with Crippen molar-refractivity contribution >= 4 is 5.96 Å². The molecule has 0 atom stereocenters. The predicted octanol–water partition coefficient (Wildman–Crippen LogP) is 1.20. The molecule has 0 saturated heterocycles. The Balaban J connectivity index is 2.34. The molecule has 0 aliphatic heterocycles. The highest BCUT2D eigenvalue weighted by Crippen LogP contribution is 2.07. The number of pyridine rings is 1. The third-order valence-corrected chi connectivity index (χ3v) is 2.92. The smallest absolute Gasteiger partial charge is 0.213 e. The van der Waals surface area contributed by atoms with Crippen molar-refractivity contribution in [1.82, 2.24) is 15.6 Å². The van der Waals surface area contributed by atoms with E-state index in [1.165, 1.54) is 0 Å². The van der Waals surface area contributed by atoms with Crippen LogP contribution in [0.1, 0.15) is 19.0 Å². The molecule has 130 valence electrons. The average Bonchev–Trinajstić information content (AvgIpc) is 2.59. The van der Waals surface area contributed by atoms with Gasteiger partial charge in [0.05, 0.1) is 32.6 Å². The number of nitrogens with one attached hydrogen (secondary N) is 2. The van der Waals surface area contributed by atoms with Gasteiger partial charge in [-0.15, -0.1) is 0 Å². The number of guanidine groups is 1. The number of methoxy groups -OCH3 is 2. The normalized spacial score (nSPS) is 11.3. The minimum atomic E-state index is 0.497. The van der Waals surface area contributed by atoms with E-state index in [9.17, 15) is 0 Å². The van der Waals surface area contributed by atoms with Gasteiger partial charge < -0.3 is 24.8 Å². The van der Waals surface area contributed by atoms with Crippen molar-refractivity contribution in [1.29, 1.82) is 0 Å². The van der Waals surface area contributed by atoms with Crippen molar-refractivity contribution in [3.63, 3.8) is 0 Å². The van der Waals surface area contributed by atoms with E-state index in [0.717, 1.165) is 31.2 Å². The minimum absolute atomic E-state index is 0.497. The van der Waals surface area contributed by atoms with Gasteiger partial charge >= 0.3 is 0 Å². The molecule has 0 unspecified atom stereocenters. The monoisotopic (exact) mass is 324 g/mol. The summed E-state index contributed by atoms with van der Waals surface area (Å²) in [6, 6.07) is 5.66. The largest absolute Gasteiger partial charge is 0.481 e. The number of hydrogen-bond donors (Lipinski definition) is 2. The van der Waals surface area contributed by atoms with Crippen molar-refractivity contribution in [2.24, 2.45) is 4.99 Å². The maximum Gasteiger partial charge on any atom is 0.213 e. The van der Waals surface area contributed by atoms with Gasteiger partial charge in [0.2, 0.25) is 5.88 Å². The lowest BCUT2D eigenvalue weighted by atomic mass is 10.3. The standard InChI is InChI=1S/C16H28N4O3/c1-4-17-16(18-9-6-10-23-12-11-21-2)19-13-14-7-5-8-15(20-14)22-3/h5,7-8H,4,6,9-13H2,1-3H3,(H2,17,18,19). The summed E-state index contributed by atoms with van der Waals surface area (Å²) in [6.07, 6.45) is 0.908. The summed E-state index contributed by atoms with van der Waals surface area (Å²) < 4.78 is 15.5. The van der Waals surface area contributed by atoms with Crippen LogP contribution >= 0.6 is 0 Å². The van der Waals surface area contributed by atoms with Crippen LogP contribution < -0.4 is 15.4 Å². The van der Waals surface area contributed by atoms with Gasteiger partial charge in [0.1, 0.15) is 0 Å². The molecule has 1 aromatic heterocycles. The van der Waals surface area contributed by atoms with Crippen LogP contribution in [0, 0.1) is 0 Å². The summed E-state index contributed by atoms with van der Waals surface area (Å²) in [7, 11) is 3.27. The molecule has 1 heterocycles. The second-order valence-corrected chi connectivity index (χ2v) is 4.75. The highest BCUT2D eigenvalue weighted by Gasteiger charge is 2.00. The quantitative estimate of drug-likeness (QED) is 0.362. The van der Waals surface area contributed by atoms with E-state index in [4.69, 9.17) is 14.2 Å². The summed E-state index contributed by atoms with van der Waals surface area (Å²) >= 11 is 0. The van der Waals surface area contributed by atoms with Crippen molar-refractivity contribution in [2.45, 2.75) is 19.9 Å². The number of hydrogen-bond acceptors (Lipinski definition) is 5. The summed E-state index contributed by atoms with van der Waals surface area (Å²) in [4.78, 5) is 8.87. The Morgan fingerprint density at radius 2 is 2.04 bits per heavy atom. The number of rotatable bonds is 11. The average molecular weight is 324 g/mol. The molecule has 0 amide bonds. The van der Waals surface area contributed by atoms with Gasteiger partial charge in [-0.1, -0.05) is 6.07 Å². The van der Waals surface area contributed by atoms with E-state index in [1.54, 1.807) is 14.2 Å². The molecular formula is C16H28N4O3. The topological polar surface area (TPSA) is 77.0 Å². The molecule has 0 bridgehead atoms. The van der Waals surface area contributed by atoms with E-state index < -0.39 is 0 Å². The molecule has 23 heavy (non-hydrogen) atoms. The number of nitrogens with zero attached hydrogens (tertiary/aromatic N) is 2. The zero-order valence-electron chi connectivity index (χ0n) is 14.3. The predicted molar refractivity (Wildman–Crippen MR) is 90.9 cm³/mol. The lowest BCUT2D eigenvalue weighted by Crippen LogP contribution is -2.38. The molecule has 0 aromatic carbocycles. The van der Waals surface area contributed by atoms with Gasteiger partial charge in [0.25, 0.3) is 0 Å². The van der Waals surface area contributed by atoms with E-state index >= 15 is 0 Å². The van der Waals surface area contributed by atoms with E-state index in [0.29, 0.717) is 32.2 Å². The lowest BCUT2D eigenvalue weighted by Gasteiger charge is -2.11. The fourth-order valence-corrected chi connectivity index (χ4v) is 1.79. The van der Waals surface area contributed by atoms with Crippen LogP contribution in [0.5, 0.6) is 5.88 Å². The van der Waals surface area contributed by atoms with Gasteiger partial charge in [-0.25, -0.2) is 9.98 Å². The minimum Gasteiger partial charge on any atom is -0.481 e. The fraction of sp³-hybridized carbons (Fsp3) is 0.625. The van der Waals surface area contributed by atoms with Gasteiger partial charge in [0, 0.05) is 32.9 Å². The third kappa shape index (κ3) is 9.00. The van der Waals surface area contributed by atoms with E-state index in [2.05, 4.69) is 20.6 Å². The Kier molecular flexibility index (Phi) is 10.6. The van der Waals surface area contributed by atoms with Gasteiger partial charge in [-0.05, 0) is 19.4 Å². The van der Waals surface area contributed by atoms with Gasteiger partial charge in [-0.2, -0.15) is 0 Å². The Labute approximate surface area is 138 Å². The van der Waals surface area contributed by atoms with E-state index in [-0.39, 0.29) is 0 Å². The van der Waals surface area contributed by atoms with Crippen LogP contribution in [-0.4, -0.2) is 58.1 Å². The molecule has 0 spiro atoms. The summed E-state index contributed by atoms with van der Waals surface area (Å²) in [6.45, 7) is 6.10. The summed E-state index contributed by atoms with van der Waals surface area (Å²) in [5, 5.41) is 6.49. The van der Waals surface area contributed by atoms with Crippen LogP contribution in [0.3, 0.4) is 0 Å². The third-order valence-electron chi connectivity index (χ3n) is 2.92. The molecule has 7 heteroatoms. The molecule has 0 aliphatic rings. The SMILES string of the molecule is CCNC(=NCc1cccc(OC)n1)NCCCOCCOC. The van der Waals surface area contributed by atoms with Crippen molar-refractivity contribution in [3.05, 3.63) is 23.9 Å². The first kappa shape index (κ1) is 19.2. The first-order valence-corrected chi connectivity index (χ1v) is 7.89. The molecule has 1 aromatic rings. The number of aliphatic imine (C=N–C) groups is 1. The Bertz CT molecular complexity index is 455. The second kappa shape index (κ2) is 12.7.